The molecule has 5 aliphatic heterocycles. The lowest BCUT2D eigenvalue weighted by atomic mass is 9.75. The van der Waals surface area contributed by atoms with E-state index in [1.54, 1.807) is 27.7 Å². The molecule has 6 aliphatic rings. The van der Waals surface area contributed by atoms with Gasteiger partial charge in [-0.3, -0.25) is 19.2 Å². The normalized spacial score (nSPS) is 40.1. The SMILES string of the molecule is CO[C@H](C(=O)[C@@H](O)[C@@H](C)OC(C)=O)[C@@H]1Cc2cc3cc(O[C@H]4C[C@@H](O[C@H]5CC(O)[C@H](O)C(C)O5)[C@H](O)C(C)O4)c(C)c(O)c3c(O)c2C(=O)[C@H]1O[C@H]1C[C@@H](O[C@H]2C[C@@H](O[C@H]3C[C@](C)(O)[C@H](O)C(C)O3)[C@@H](OC(C)=O)C(C)O2)[C@H](O)C(C)O1. The summed E-state index contributed by atoms with van der Waals surface area (Å²) >= 11 is 0. The van der Waals surface area contributed by atoms with Gasteiger partial charge in [0.1, 0.15) is 66.1 Å². The van der Waals surface area contributed by atoms with Gasteiger partial charge >= 0.3 is 11.9 Å². The summed E-state index contributed by atoms with van der Waals surface area (Å²) in [5, 5.41) is 100.0. The number of rotatable bonds is 17. The van der Waals surface area contributed by atoms with Crippen LogP contribution in [0.25, 0.3) is 10.8 Å². The summed E-state index contributed by atoms with van der Waals surface area (Å²) in [5.74, 6) is -5.64. The van der Waals surface area contributed by atoms with Crippen LogP contribution >= 0.6 is 0 Å². The van der Waals surface area contributed by atoms with Crippen LogP contribution < -0.4 is 4.74 Å². The highest BCUT2D eigenvalue weighted by molar-refractivity contribution is 6.11. The topological polar surface area (TPSA) is 370 Å². The molecule has 26 nitrogen and oxygen atoms in total. The van der Waals surface area contributed by atoms with Gasteiger partial charge in [0.25, 0.3) is 0 Å². The van der Waals surface area contributed by atoms with Gasteiger partial charge in [0.2, 0.25) is 6.29 Å². The van der Waals surface area contributed by atoms with E-state index in [1.165, 1.54) is 53.9 Å². The van der Waals surface area contributed by atoms with Gasteiger partial charge in [-0.2, -0.15) is 0 Å². The number of ether oxygens (including phenoxy) is 13. The summed E-state index contributed by atoms with van der Waals surface area (Å²) in [6.07, 6.45) is -27.4. The minimum atomic E-state index is -1.96. The third-order valence-electron chi connectivity index (χ3n) is 16.5. The fraction of sp³-hybridized carbons (Fsp3) is 0.750. The van der Waals surface area contributed by atoms with Gasteiger partial charge in [-0.15, -0.1) is 0 Å². The van der Waals surface area contributed by atoms with E-state index >= 15 is 4.79 Å². The van der Waals surface area contributed by atoms with Crippen LogP contribution in [0.2, 0.25) is 0 Å². The van der Waals surface area contributed by atoms with E-state index in [-0.39, 0.29) is 71.7 Å². The van der Waals surface area contributed by atoms with Gasteiger partial charge in [0.15, 0.2) is 48.9 Å². The molecule has 460 valence electrons. The number of aromatic hydroxyl groups is 2. The van der Waals surface area contributed by atoms with Crippen LogP contribution in [0.15, 0.2) is 12.1 Å². The molecule has 9 N–H and O–H groups in total. The Hall–Kier alpha value is -4.30. The maximum atomic E-state index is 15.2. The highest BCUT2D eigenvalue weighted by Crippen LogP contribution is 2.48. The van der Waals surface area contributed by atoms with Crippen molar-refractivity contribution in [3.63, 3.8) is 0 Å². The number of carbonyl (C=O) groups excluding carboxylic acids is 4. The van der Waals surface area contributed by atoms with E-state index in [0.29, 0.717) is 0 Å². The Morgan fingerprint density at radius 1 is 0.695 bits per heavy atom. The number of benzene rings is 2. The molecule has 0 radical (unpaired) electrons. The number of phenolic OH excluding ortho intramolecular Hbond substituents is 2. The lowest BCUT2D eigenvalue weighted by Gasteiger charge is -2.46. The van der Waals surface area contributed by atoms with Crippen LogP contribution in [0, 0.1) is 12.8 Å². The molecule has 2 aromatic rings. The summed E-state index contributed by atoms with van der Waals surface area (Å²) in [6, 6.07) is 3.01. The molecule has 5 fully saturated rings. The fourth-order valence-electron chi connectivity index (χ4n) is 12.0. The first-order chi connectivity index (χ1) is 38.5. The number of carbonyl (C=O) groups is 4. The number of hydrogen-bond acceptors (Lipinski definition) is 26. The minimum Gasteiger partial charge on any atom is -0.507 e. The van der Waals surface area contributed by atoms with Crippen molar-refractivity contribution < 1.29 is 127 Å². The van der Waals surface area contributed by atoms with Gasteiger partial charge in [-0.25, -0.2) is 0 Å². The maximum Gasteiger partial charge on any atom is 0.303 e. The van der Waals surface area contributed by atoms with Crippen LogP contribution in [0.5, 0.6) is 17.2 Å². The molecular formula is C56H80O26. The molecule has 6 unspecified atom stereocenters. The van der Waals surface area contributed by atoms with Gasteiger partial charge in [-0.1, -0.05) is 0 Å². The quantitative estimate of drug-likeness (QED) is 0.0993. The van der Waals surface area contributed by atoms with E-state index in [9.17, 15) is 60.3 Å². The van der Waals surface area contributed by atoms with Crippen molar-refractivity contribution >= 4 is 34.3 Å². The number of Topliss-reactive ketones (excluding diaryl/α,β-unsaturated/α-hetero) is 2. The Labute approximate surface area is 473 Å². The number of methoxy groups -OCH3 is 1. The lowest BCUT2D eigenvalue weighted by molar-refractivity contribution is -0.335. The molecule has 5 heterocycles. The standard InChI is InChI=1S/C56H80O26/c1-20-33(78-38-16-34(46(62)22(3)73-38)79-37-15-32(59)45(61)21(2)72-37)14-30-12-29-13-31(53(70-11)51(67)48(64)24(5)71-27(8)57)54(50(66)43(29)49(65)42(30)44(20)60)82-40-17-35(47(63)23(4)74-40)80-39-18-36(52(25(6)75-39)77-28(9)58)81-41-19-56(10,69)55(68)26(7)76-41/h12,14,21-26,31-32,34-41,45-48,52-55,59-65,68-69H,13,15-19H2,1-11H3/t21?,22?,23?,24-,25?,26?,31+,32?,34-,35-,36-,37+,38+,39+,40+,41+,45-,46-,47-,48+,52+,53+,54+,55-,56+/m1/s1. The highest BCUT2D eigenvalue weighted by Gasteiger charge is 2.52. The van der Waals surface area contributed by atoms with E-state index in [1.807, 2.05) is 0 Å². The third-order valence-corrected chi connectivity index (χ3v) is 16.5. The first-order valence-corrected chi connectivity index (χ1v) is 27.8. The molecule has 0 bridgehead atoms. The van der Waals surface area contributed by atoms with E-state index in [0.717, 1.165) is 6.92 Å². The van der Waals surface area contributed by atoms with E-state index in [2.05, 4.69) is 0 Å². The number of aliphatic hydroxyl groups is 7. The molecule has 0 saturated carbocycles. The Morgan fingerprint density at radius 2 is 1.23 bits per heavy atom. The average molecular weight is 1170 g/mol. The monoisotopic (exact) mass is 1170 g/mol. The van der Waals surface area contributed by atoms with E-state index in [4.69, 9.17) is 61.6 Å². The molecule has 82 heavy (non-hydrogen) atoms. The molecule has 0 spiro atoms. The van der Waals surface area contributed by atoms with Crippen molar-refractivity contribution in [3.05, 3.63) is 28.8 Å². The van der Waals surface area contributed by atoms with Crippen molar-refractivity contribution in [3.8, 4) is 17.2 Å². The zero-order chi connectivity index (χ0) is 60.1. The summed E-state index contributed by atoms with van der Waals surface area (Å²) in [7, 11) is 1.17. The lowest BCUT2D eigenvalue weighted by Crippen LogP contribution is -2.58. The highest BCUT2D eigenvalue weighted by atomic mass is 16.7. The molecule has 8 rings (SSSR count). The first kappa shape index (κ1) is 63.7. The molecule has 2 aromatic carbocycles. The van der Waals surface area contributed by atoms with Crippen LogP contribution in [0.4, 0.5) is 0 Å². The van der Waals surface area contributed by atoms with Crippen molar-refractivity contribution in [1.82, 2.24) is 0 Å². The van der Waals surface area contributed by atoms with Crippen molar-refractivity contribution in [2.75, 3.05) is 7.11 Å². The zero-order valence-electron chi connectivity index (χ0n) is 47.7. The molecule has 26 heteroatoms. The molecule has 0 amide bonds. The van der Waals surface area contributed by atoms with Gasteiger partial charge in [0, 0.05) is 64.5 Å². The molecular weight excluding hydrogens is 1090 g/mol. The summed E-state index contributed by atoms with van der Waals surface area (Å²) < 4.78 is 78.1. The number of aliphatic hydroxyl groups excluding tert-OH is 6. The second kappa shape index (κ2) is 25.7. The smallest absolute Gasteiger partial charge is 0.303 e. The number of phenols is 2. The fourth-order valence-corrected chi connectivity index (χ4v) is 12.0. The first-order valence-electron chi connectivity index (χ1n) is 27.8. The largest absolute Gasteiger partial charge is 0.507 e. The minimum absolute atomic E-state index is 0.0528. The molecule has 25 atom stereocenters. The van der Waals surface area contributed by atoms with Crippen LogP contribution in [0.1, 0.15) is 116 Å². The Bertz CT molecular complexity index is 2600. The van der Waals surface area contributed by atoms with Crippen molar-refractivity contribution in [2.24, 2.45) is 5.92 Å². The molecule has 5 saturated heterocycles. The maximum absolute atomic E-state index is 15.2. The summed E-state index contributed by atoms with van der Waals surface area (Å²) in [4.78, 5) is 53.7. The third kappa shape index (κ3) is 13.5. The second-order valence-electron chi connectivity index (χ2n) is 22.9. The number of hydrogen-bond donors (Lipinski definition) is 9. The number of fused-ring (bicyclic) bond motifs is 2. The molecule has 0 aromatic heterocycles. The predicted molar refractivity (Wildman–Crippen MR) is 278 cm³/mol. The van der Waals surface area contributed by atoms with Gasteiger partial charge < -0.3 is 108 Å². The number of esters is 2. The zero-order valence-corrected chi connectivity index (χ0v) is 47.7. The van der Waals surface area contributed by atoms with E-state index < -0.39 is 188 Å². The Kier molecular flexibility index (Phi) is 20.0. The summed E-state index contributed by atoms with van der Waals surface area (Å²) in [6.45, 7) is 14.5. The molecule has 1 aliphatic carbocycles. The van der Waals surface area contributed by atoms with Crippen LogP contribution in [-0.4, -0.2) is 223 Å². The second-order valence-corrected chi connectivity index (χ2v) is 22.9. The average Bonchev–Trinajstić information content (AvgIpc) is 3.03. The van der Waals surface area contributed by atoms with Crippen LogP contribution in [0.3, 0.4) is 0 Å². The number of ketones is 2. The van der Waals surface area contributed by atoms with Gasteiger partial charge in [0.05, 0.1) is 65.4 Å². The van der Waals surface area contributed by atoms with Gasteiger partial charge in [-0.05, 0) is 84.9 Å². The van der Waals surface area contributed by atoms with Crippen molar-refractivity contribution in [1.29, 1.82) is 0 Å². The Balaban J connectivity index is 1.07. The van der Waals surface area contributed by atoms with Crippen molar-refractivity contribution in [2.45, 2.75) is 255 Å². The Morgan fingerprint density at radius 3 is 1.82 bits per heavy atom. The van der Waals surface area contributed by atoms with Crippen LogP contribution in [-0.2, 0) is 77.6 Å². The predicted octanol–water partition coefficient (Wildman–Crippen LogP) is 0.892. The summed E-state index contributed by atoms with van der Waals surface area (Å²) in [5.41, 5.74) is -1.59.